The predicted molar refractivity (Wildman–Crippen MR) is 99.4 cm³/mol. The fourth-order valence-corrected chi connectivity index (χ4v) is 4.11. The van der Waals surface area contributed by atoms with Gasteiger partial charge in [0.05, 0.1) is 0 Å². The topological polar surface area (TPSA) is 17.1 Å². The number of ketones is 1. The summed E-state index contributed by atoms with van der Waals surface area (Å²) in [5, 5.41) is 0. The highest BCUT2D eigenvalue weighted by Crippen LogP contribution is 2.58. The van der Waals surface area contributed by atoms with Crippen LogP contribution in [0.1, 0.15) is 25.8 Å². The van der Waals surface area contributed by atoms with Crippen molar-refractivity contribution in [1.29, 1.82) is 0 Å². The molecule has 0 unspecified atom stereocenters. The maximum Gasteiger partial charge on any atom is 0.159 e. The van der Waals surface area contributed by atoms with Crippen LogP contribution in [0, 0.1) is 17.3 Å². The van der Waals surface area contributed by atoms with Crippen LogP contribution in [0.15, 0.2) is 72.3 Å². The van der Waals surface area contributed by atoms with E-state index >= 15 is 0 Å². The summed E-state index contributed by atoms with van der Waals surface area (Å²) < 4.78 is 0. The lowest BCUT2D eigenvalue weighted by molar-refractivity contribution is -0.133. The van der Waals surface area contributed by atoms with Gasteiger partial charge in [0.1, 0.15) is 0 Å². The Morgan fingerprint density at radius 3 is 2.17 bits per heavy atom. The molecule has 0 amide bonds. The second kappa shape index (κ2) is 5.59. The quantitative estimate of drug-likeness (QED) is 0.727. The van der Waals surface area contributed by atoms with Crippen LogP contribution in [0.25, 0.3) is 17.2 Å². The highest BCUT2D eigenvalue weighted by Gasteiger charge is 2.54. The third-order valence-corrected chi connectivity index (χ3v) is 5.81. The minimum Gasteiger partial charge on any atom is -0.295 e. The third-order valence-electron chi connectivity index (χ3n) is 5.81. The van der Waals surface area contributed by atoms with Crippen molar-refractivity contribution in [2.45, 2.75) is 20.3 Å². The largest absolute Gasteiger partial charge is 0.295 e. The molecule has 0 spiro atoms. The second-order valence-corrected chi connectivity index (χ2v) is 7.53. The lowest BCUT2D eigenvalue weighted by Gasteiger charge is -2.54. The van der Waals surface area contributed by atoms with Crippen molar-refractivity contribution in [2.75, 3.05) is 0 Å². The molecule has 120 valence electrons. The number of benzene rings is 2. The molecule has 0 N–H and O–H groups in total. The molecule has 5 rings (SSSR count). The first-order chi connectivity index (χ1) is 11.6. The van der Waals surface area contributed by atoms with E-state index in [-0.39, 0.29) is 11.3 Å². The lowest BCUT2D eigenvalue weighted by atomic mass is 9.48. The van der Waals surface area contributed by atoms with Gasteiger partial charge in [0.2, 0.25) is 0 Å². The van der Waals surface area contributed by atoms with Crippen LogP contribution >= 0.6 is 0 Å². The van der Waals surface area contributed by atoms with Crippen molar-refractivity contribution in [3.05, 3.63) is 77.9 Å². The summed E-state index contributed by atoms with van der Waals surface area (Å²) in [7, 11) is 0. The zero-order valence-electron chi connectivity index (χ0n) is 14.2. The monoisotopic (exact) mass is 314 g/mol. The molecule has 3 aliphatic rings. The molecule has 0 heterocycles. The summed E-state index contributed by atoms with van der Waals surface area (Å²) >= 11 is 0. The first kappa shape index (κ1) is 15.1. The van der Waals surface area contributed by atoms with Gasteiger partial charge in [-0.05, 0) is 46.1 Å². The molecule has 0 radical (unpaired) electrons. The van der Waals surface area contributed by atoms with E-state index in [4.69, 9.17) is 0 Å². The molecule has 24 heavy (non-hydrogen) atoms. The Morgan fingerprint density at radius 1 is 0.875 bits per heavy atom. The van der Waals surface area contributed by atoms with Gasteiger partial charge in [0.15, 0.2) is 5.78 Å². The Labute approximate surface area is 143 Å². The summed E-state index contributed by atoms with van der Waals surface area (Å²) in [5.74, 6) is 1.08. The van der Waals surface area contributed by atoms with E-state index in [1.807, 2.05) is 12.1 Å². The molecular weight excluding hydrogens is 292 g/mol. The molecule has 3 aliphatic carbocycles. The first-order valence-electron chi connectivity index (χ1n) is 8.65. The predicted octanol–water partition coefficient (Wildman–Crippen LogP) is 5.54. The summed E-state index contributed by atoms with van der Waals surface area (Å²) in [4.78, 5) is 12.2. The highest BCUT2D eigenvalue weighted by atomic mass is 16.1. The zero-order chi connectivity index (χ0) is 16.7. The van der Waals surface area contributed by atoms with Gasteiger partial charge in [0.25, 0.3) is 0 Å². The SMILES string of the molecule is CC1(C)[C@@H]2C[C@H]1C(C=Cc1ccc(-c3ccccc3)cc1)=CC2=O. The molecule has 1 nitrogen and oxygen atoms in total. The molecule has 1 heteroatoms. The number of carbonyl (C=O) groups excluding carboxylic acids is 1. The summed E-state index contributed by atoms with van der Waals surface area (Å²) in [5.41, 5.74) is 4.95. The van der Waals surface area contributed by atoms with Crippen molar-refractivity contribution in [3.8, 4) is 11.1 Å². The Bertz CT molecular complexity index is 822. The Hall–Kier alpha value is -2.41. The van der Waals surface area contributed by atoms with E-state index in [0.29, 0.717) is 11.7 Å². The molecule has 0 aliphatic heterocycles. The molecule has 1 saturated carbocycles. The Kier molecular flexibility index (Phi) is 3.53. The van der Waals surface area contributed by atoms with E-state index in [1.54, 1.807) is 0 Å². The Balaban J connectivity index is 1.54. The smallest absolute Gasteiger partial charge is 0.159 e. The van der Waals surface area contributed by atoms with Crippen LogP contribution in [0.2, 0.25) is 0 Å². The van der Waals surface area contributed by atoms with Gasteiger partial charge in [-0.15, -0.1) is 0 Å². The maximum atomic E-state index is 12.2. The summed E-state index contributed by atoms with van der Waals surface area (Å²) in [6, 6.07) is 19.0. The van der Waals surface area contributed by atoms with Gasteiger partial charge < -0.3 is 0 Å². The number of hydrogen-bond acceptors (Lipinski definition) is 1. The van der Waals surface area contributed by atoms with Crippen molar-refractivity contribution >= 4 is 11.9 Å². The third kappa shape index (κ3) is 2.45. The van der Waals surface area contributed by atoms with Crippen molar-refractivity contribution in [3.63, 3.8) is 0 Å². The normalized spacial score (nSPS) is 24.6. The van der Waals surface area contributed by atoms with Crippen LogP contribution in [-0.4, -0.2) is 5.78 Å². The average molecular weight is 314 g/mol. The summed E-state index contributed by atoms with van der Waals surface area (Å²) in [6.45, 7) is 4.44. The fraction of sp³-hybridized carbons (Fsp3) is 0.261. The molecule has 2 aromatic carbocycles. The molecule has 0 aromatic heterocycles. The Morgan fingerprint density at radius 2 is 1.54 bits per heavy atom. The molecule has 2 atom stereocenters. The van der Waals surface area contributed by atoms with Crippen LogP contribution in [0.3, 0.4) is 0 Å². The van der Waals surface area contributed by atoms with Crippen molar-refractivity contribution in [1.82, 2.24) is 0 Å². The standard InChI is InChI=1S/C23H22O/c1-23(2)20-15-21(23)22(24)14-19(20)13-10-16-8-11-18(12-9-16)17-6-4-3-5-7-17/h3-14,20-21H,15H2,1-2H3/t20-,21+/m0/s1. The van der Waals surface area contributed by atoms with Crippen LogP contribution in [0.5, 0.6) is 0 Å². The van der Waals surface area contributed by atoms with E-state index in [9.17, 15) is 4.79 Å². The van der Waals surface area contributed by atoms with Crippen molar-refractivity contribution in [2.24, 2.45) is 17.3 Å². The van der Waals surface area contributed by atoms with Crippen LogP contribution in [0.4, 0.5) is 0 Å². The fourth-order valence-electron chi connectivity index (χ4n) is 4.11. The zero-order valence-corrected chi connectivity index (χ0v) is 14.2. The summed E-state index contributed by atoms with van der Waals surface area (Å²) in [6.07, 6.45) is 7.15. The van der Waals surface area contributed by atoms with E-state index < -0.39 is 0 Å². The van der Waals surface area contributed by atoms with Gasteiger partial charge in [-0.3, -0.25) is 4.79 Å². The molecule has 2 aromatic rings. The lowest BCUT2D eigenvalue weighted by Crippen LogP contribution is -2.52. The highest BCUT2D eigenvalue weighted by molar-refractivity contribution is 5.96. The van der Waals surface area contributed by atoms with Gasteiger partial charge in [0, 0.05) is 5.92 Å². The number of rotatable bonds is 3. The maximum absolute atomic E-state index is 12.2. The molecule has 0 saturated heterocycles. The number of carbonyl (C=O) groups is 1. The number of allylic oxidation sites excluding steroid dienone is 3. The average Bonchev–Trinajstić information content (AvgIpc) is 2.60. The van der Waals surface area contributed by atoms with Crippen molar-refractivity contribution < 1.29 is 4.79 Å². The first-order valence-corrected chi connectivity index (χ1v) is 8.65. The second-order valence-electron chi connectivity index (χ2n) is 7.53. The van der Waals surface area contributed by atoms with E-state index in [1.165, 1.54) is 22.3 Å². The van der Waals surface area contributed by atoms with Crippen LogP contribution in [-0.2, 0) is 4.79 Å². The van der Waals surface area contributed by atoms with Crippen LogP contribution < -0.4 is 0 Å². The van der Waals surface area contributed by atoms with Gasteiger partial charge in [-0.1, -0.05) is 80.6 Å². The molecular formula is C23H22O. The van der Waals surface area contributed by atoms with Gasteiger partial charge >= 0.3 is 0 Å². The molecule has 2 bridgehead atoms. The van der Waals surface area contributed by atoms with Gasteiger partial charge in [-0.25, -0.2) is 0 Å². The number of hydrogen-bond donors (Lipinski definition) is 0. The minimum absolute atomic E-state index is 0.128. The number of fused-ring (bicyclic) bond motifs is 1. The van der Waals surface area contributed by atoms with E-state index in [0.717, 1.165) is 6.42 Å². The van der Waals surface area contributed by atoms with Gasteiger partial charge in [-0.2, -0.15) is 0 Å². The minimum atomic E-state index is 0.128. The molecule has 1 fully saturated rings. The van der Waals surface area contributed by atoms with E-state index in [2.05, 4.69) is 74.5 Å².